The van der Waals surface area contributed by atoms with Crippen LogP contribution >= 0.6 is 11.6 Å². The van der Waals surface area contributed by atoms with E-state index in [0.717, 1.165) is 16.9 Å². The number of aryl methyl sites for hydroxylation is 1. The molecule has 29 heavy (non-hydrogen) atoms. The lowest BCUT2D eigenvalue weighted by molar-refractivity contribution is 0.413. The minimum atomic E-state index is -3.08. The number of imidazole rings is 1. The molecule has 0 N–H and O–H groups in total. The van der Waals surface area contributed by atoms with Crippen molar-refractivity contribution in [2.75, 3.05) is 18.0 Å². The van der Waals surface area contributed by atoms with E-state index in [1.165, 1.54) is 0 Å². The highest BCUT2D eigenvalue weighted by molar-refractivity contribution is 8.02. The molecule has 1 aromatic heterocycles. The van der Waals surface area contributed by atoms with Crippen LogP contribution in [0.25, 0.3) is 5.69 Å². The summed E-state index contributed by atoms with van der Waals surface area (Å²) in [6.07, 6.45) is 4.19. The minimum absolute atomic E-state index is 0.431. The number of anilines is 1. The largest absolute Gasteiger partial charge is 0.494 e. The standard InChI is InChI=1S/C21H20ClN3O3S/c1-15-12-24(13-23-15)19-8-7-18(11-20(19)28-2)25-10-9-21(29(25,27)14-26)16-3-5-17(22)6-4-16/h3-8,11-13,21H,9-10H2,1-2H3. The van der Waals surface area contributed by atoms with E-state index in [9.17, 15) is 9.00 Å². The van der Waals surface area contributed by atoms with Crippen molar-refractivity contribution in [3.63, 3.8) is 0 Å². The van der Waals surface area contributed by atoms with Crippen LogP contribution < -0.4 is 9.04 Å². The Hall–Kier alpha value is -2.73. The first-order valence-electron chi connectivity index (χ1n) is 9.10. The van der Waals surface area contributed by atoms with Crippen molar-refractivity contribution in [1.82, 2.24) is 9.55 Å². The van der Waals surface area contributed by atoms with Crippen LogP contribution in [0.15, 0.2) is 55.0 Å². The third kappa shape index (κ3) is 3.42. The molecular weight excluding hydrogens is 410 g/mol. The van der Waals surface area contributed by atoms with E-state index in [1.54, 1.807) is 35.9 Å². The Morgan fingerprint density at radius 1 is 1.24 bits per heavy atom. The van der Waals surface area contributed by atoms with E-state index in [-0.39, 0.29) is 0 Å². The van der Waals surface area contributed by atoms with Crippen molar-refractivity contribution in [2.24, 2.45) is 0 Å². The van der Waals surface area contributed by atoms with Gasteiger partial charge in [-0.1, -0.05) is 23.7 Å². The van der Waals surface area contributed by atoms with Gasteiger partial charge in [0.1, 0.15) is 15.5 Å². The molecule has 6 nitrogen and oxygen atoms in total. The highest BCUT2D eigenvalue weighted by atomic mass is 35.5. The number of aromatic nitrogens is 2. The van der Waals surface area contributed by atoms with Gasteiger partial charge >= 0.3 is 0 Å². The summed E-state index contributed by atoms with van der Waals surface area (Å²) in [4.78, 5) is 16.1. The molecular formula is C21H20ClN3O3S. The molecule has 4 rings (SSSR count). The Kier molecular flexibility index (Phi) is 5.13. The van der Waals surface area contributed by atoms with Gasteiger partial charge < -0.3 is 9.30 Å². The number of benzene rings is 2. The number of methoxy groups -OCH3 is 1. The maximum atomic E-state index is 13.7. The van der Waals surface area contributed by atoms with Crippen molar-refractivity contribution < 1.29 is 13.7 Å². The third-order valence-corrected chi connectivity index (χ3v) is 7.93. The van der Waals surface area contributed by atoms with Crippen molar-refractivity contribution in [3.05, 3.63) is 71.3 Å². The van der Waals surface area contributed by atoms with Crippen LogP contribution in [-0.4, -0.2) is 32.6 Å². The zero-order chi connectivity index (χ0) is 20.6. The van der Waals surface area contributed by atoms with Gasteiger partial charge in [-0.05, 0) is 43.2 Å². The molecule has 0 amide bonds. The molecule has 150 valence electrons. The summed E-state index contributed by atoms with van der Waals surface area (Å²) in [5.41, 5.74) is 3.18. The number of halogens is 1. The Balaban J connectivity index is 1.74. The van der Waals surface area contributed by atoms with Crippen LogP contribution in [0.2, 0.25) is 5.02 Å². The first-order chi connectivity index (χ1) is 14.0. The highest BCUT2D eigenvalue weighted by Crippen LogP contribution is 2.40. The van der Waals surface area contributed by atoms with Crippen molar-refractivity contribution >= 4 is 32.2 Å². The van der Waals surface area contributed by atoms with Gasteiger partial charge in [-0.25, -0.2) is 14.0 Å². The lowest BCUT2D eigenvalue weighted by atomic mass is 10.1. The van der Waals surface area contributed by atoms with Gasteiger partial charge in [0.05, 0.1) is 35.8 Å². The molecule has 0 radical (unpaired) electrons. The summed E-state index contributed by atoms with van der Waals surface area (Å²) in [6.45, 7) is 2.39. The van der Waals surface area contributed by atoms with Crippen molar-refractivity contribution in [2.45, 2.75) is 18.6 Å². The van der Waals surface area contributed by atoms with Gasteiger partial charge in [-0.3, -0.25) is 4.31 Å². The van der Waals surface area contributed by atoms with Crippen LogP contribution in [0.5, 0.6) is 5.75 Å². The predicted octanol–water partition coefficient (Wildman–Crippen LogP) is 4.06. The molecule has 3 aromatic rings. The van der Waals surface area contributed by atoms with E-state index < -0.39 is 15.0 Å². The van der Waals surface area contributed by atoms with Crippen LogP contribution in [-0.2, 0) is 14.5 Å². The zero-order valence-electron chi connectivity index (χ0n) is 16.0. The molecule has 1 fully saturated rings. The van der Waals surface area contributed by atoms with E-state index in [0.29, 0.717) is 29.4 Å². The number of ether oxygens (including phenoxy) is 1. The number of hydrogen-bond donors (Lipinski definition) is 0. The summed E-state index contributed by atoms with van der Waals surface area (Å²) in [7, 11) is -1.50. The molecule has 1 aliphatic heterocycles. The Labute approximate surface area is 174 Å². The third-order valence-electron chi connectivity index (χ3n) is 5.11. The molecule has 0 bridgehead atoms. The van der Waals surface area contributed by atoms with E-state index in [1.807, 2.05) is 47.2 Å². The molecule has 2 unspecified atom stereocenters. The fourth-order valence-corrected chi connectivity index (χ4v) is 6.08. The highest BCUT2D eigenvalue weighted by Gasteiger charge is 2.38. The first kappa shape index (κ1) is 19.6. The van der Waals surface area contributed by atoms with Gasteiger partial charge in [0.2, 0.25) is 5.23 Å². The number of hydrogen-bond acceptors (Lipinski definition) is 4. The maximum Gasteiger partial charge on any atom is 0.206 e. The fraction of sp³-hybridized carbons (Fsp3) is 0.238. The van der Waals surface area contributed by atoms with Crippen LogP contribution in [0.1, 0.15) is 22.9 Å². The molecule has 2 atom stereocenters. The molecule has 1 saturated heterocycles. The van der Waals surface area contributed by atoms with Gasteiger partial charge in [0.25, 0.3) is 0 Å². The van der Waals surface area contributed by atoms with Gasteiger partial charge in [0.15, 0.2) is 0 Å². The summed E-state index contributed by atoms with van der Waals surface area (Å²) in [5.74, 6) is 0.600. The average molecular weight is 430 g/mol. The average Bonchev–Trinajstić information content (AvgIpc) is 3.32. The van der Waals surface area contributed by atoms with E-state index >= 15 is 0 Å². The zero-order valence-corrected chi connectivity index (χ0v) is 17.6. The van der Waals surface area contributed by atoms with Crippen molar-refractivity contribution in [3.8, 4) is 11.4 Å². The summed E-state index contributed by atoms with van der Waals surface area (Å²) in [5, 5.41) is 2.02. The smallest absolute Gasteiger partial charge is 0.206 e. The minimum Gasteiger partial charge on any atom is -0.494 e. The molecule has 0 spiro atoms. The topological polar surface area (TPSA) is 64.4 Å². The fourth-order valence-electron chi connectivity index (χ4n) is 3.69. The normalized spacial score (nSPS) is 21.2. The van der Waals surface area contributed by atoms with Gasteiger partial charge in [0, 0.05) is 23.8 Å². The van der Waals surface area contributed by atoms with E-state index in [2.05, 4.69) is 4.98 Å². The summed E-state index contributed by atoms with van der Waals surface area (Å²) in [6, 6.07) is 12.6. The molecule has 1 aliphatic rings. The van der Waals surface area contributed by atoms with Gasteiger partial charge in [-0.2, -0.15) is 0 Å². The van der Waals surface area contributed by atoms with Crippen LogP contribution in [0.4, 0.5) is 5.69 Å². The second-order valence-electron chi connectivity index (χ2n) is 6.86. The number of nitrogens with zero attached hydrogens (tertiary/aromatic N) is 3. The molecule has 0 saturated carbocycles. The summed E-state index contributed by atoms with van der Waals surface area (Å²) >= 11 is 5.97. The number of rotatable bonds is 4. The SMILES string of the molecule is COc1cc(N2CCC(c3ccc(Cl)cc3)S2(=O)=C=O)ccc1-n1cnc(C)c1. The molecule has 0 aliphatic carbocycles. The quantitative estimate of drug-likeness (QED) is 0.586. The number of carbonyl (C=O) groups excluding carboxylic acids is 1. The molecule has 2 heterocycles. The van der Waals surface area contributed by atoms with Crippen molar-refractivity contribution in [1.29, 1.82) is 0 Å². The molecule has 8 heteroatoms. The Morgan fingerprint density at radius 3 is 2.62 bits per heavy atom. The first-order valence-corrected chi connectivity index (χ1v) is 11.1. The molecule has 2 aromatic carbocycles. The van der Waals surface area contributed by atoms with Crippen LogP contribution in [0.3, 0.4) is 0 Å². The lowest BCUT2D eigenvalue weighted by Crippen LogP contribution is -2.27. The second-order valence-corrected chi connectivity index (χ2v) is 9.61. The Morgan fingerprint density at radius 2 is 2.00 bits per heavy atom. The predicted molar refractivity (Wildman–Crippen MR) is 115 cm³/mol. The van der Waals surface area contributed by atoms with E-state index in [4.69, 9.17) is 16.3 Å². The monoisotopic (exact) mass is 429 g/mol. The van der Waals surface area contributed by atoms with Crippen LogP contribution in [0, 0.1) is 6.92 Å². The second kappa shape index (κ2) is 7.59. The summed E-state index contributed by atoms with van der Waals surface area (Å²) < 4.78 is 22.7. The maximum absolute atomic E-state index is 13.7. The van der Waals surface area contributed by atoms with Gasteiger partial charge in [-0.15, -0.1) is 0 Å². The lowest BCUT2D eigenvalue weighted by Gasteiger charge is -2.23. The Bertz CT molecular complexity index is 1190.